The maximum atomic E-state index is 3.85. The van der Waals surface area contributed by atoms with Crippen LogP contribution in [0.15, 0.2) is 23.2 Å². The number of hydrogen-bond acceptors (Lipinski definition) is 4. The first-order valence-corrected chi connectivity index (χ1v) is 3.28. The first-order chi connectivity index (χ1) is 5.42. The van der Waals surface area contributed by atoms with E-state index >= 15 is 0 Å². The van der Waals surface area contributed by atoms with Crippen LogP contribution in [0.2, 0.25) is 0 Å². The molecule has 2 rings (SSSR count). The molecule has 0 fully saturated rings. The number of nitrogens with one attached hydrogen (secondary N) is 3. The van der Waals surface area contributed by atoms with Crippen molar-refractivity contribution in [1.82, 2.24) is 5.53 Å². The molecule has 0 unspecified atom stereocenters. The Morgan fingerprint density at radius 3 is 3.00 bits per heavy atom. The lowest BCUT2D eigenvalue weighted by Gasteiger charge is -1.99. The largest absolute Gasteiger partial charge is 0.302 e. The molecule has 11 heavy (non-hydrogen) atoms. The van der Waals surface area contributed by atoms with Gasteiger partial charge in [0.15, 0.2) is 0 Å². The van der Waals surface area contributed by atoms with Crippen molar-refractivity contribution in [2.75, 3.05) is 10.9 Å². The topological polar surface area (TPSA) is 48.5 Å². The SMILES string of the molecule is C=Nc1cccc2c1NNN2. The number of aliphatic imine (C=N–C) groups is 1. The summed E-state index contributed by atoms with van der Waals surface area (Å²) in [5.74, 6) is 0. The van der Waals surface area contributed by atoms with Gasteiger partial charge in [-0.15, -0.1) is 5.53 Å². The van der Waals surface area contributed by atoms with E-state index in [1.807, 2.05) is 18.2 Å². The highest BCUT2D eigenvalue weighted by Gasteiger charge is 2.10. The van der Waals surface area contributed by atoms with Crippen LogP contribution in [0, 0.1) is 0 Å². The molecule has 1 aromatic carbocycles. The van der Waals surface area contributed by atoms with Gasteiger partial charge >= 0.3 is 0 Å². The Morgan fingerprint density at radius 2 is 2.18 bits per heavy atom. The fourth-order valence-corrected chi connectivity index (χ4v) is 1.07. The first kappa shape index (κ1) is 6.18. The zero-order valence-electron chi connectivity index (χ0n) is 5.89. The van der Waals surface area contributed by atoms with Gasteiger partial charge in [0, 0.05) is 0 Å². The summed E-state index contributed by atoms with van der Waals surface area (Å²) in [6.45, 7) is 3.46. The number of hydrogen-bond donors (Lipinski definition) is 3. The number of nitrogens with zero attached hydrogens (tertiary/aromatic N) is 1. The number of para-hydroxylation sites is 1. The van der Waals surface area contributed by atoms with Crippen molar-refractivity contribution in [3.63, 3.8) is 0 Å². The van der Waals surface area contributed by atoms with Crippen molar-refractivity contribution in [2.24, 2.45) is 4.99 Å². The standard InChI is InChI=1S/C7H8N4/c1-8-5-3-2-4-6-7(5)10-11-9-6/h2-4,9-11H,1H2. The van der Waals surface area contributed by atoms with Crippen molar-refractivity contribution in [2.45, 2.75) is 0 Å². The van der Waals surface area contributed by atoms with Crippen LogP contribution in [0.1, 0.15) is 0 Å². The minimum atomic E-state index is 0.847. The number of benzene rings is 1. The third-order valence-corrected chi connectivity index (χ3v) is 1.60. The molecule has 0 spiro atoms. The highest BCUT2D eigenvalue weighted by molar-refractivity contribution is 5.83. The van der Waals surface area contributed by atoms with Crippen LogP contribution in [0.3, 0.4) is 0 Å². The van der Waals surface area contributed by atoms with E-state index in [0.29, 0.717) is 0 Å². The van der Waals surface area contributed by atoms with Gasteiger partial charge in [0.2, 0.25) is 0 Å². The molecular weight excluding hydrogens is 140 g/mol. The van der Waals surface area contributed by atoms with Crippen LogP contribution in [-0.4, -0.2) is 6.72 Å². The molecule has 1 aliphatic heterocycles. The van der Waals surface area contributed by atoms with Crippen LogP contribution in [0.25, 0.3) is 0 Å². The van der Waals surface area contributed by atoms with E-state index < -0.39 is 0 Å². The van der Waals surface area contributed by atoms with Crippen LogP contribution >= 0.6 is 0 Å². The minimum absolute atomic E-state index is 0.847. The summed E-state index contributed by atoms with van der Waals surface area (Å²) in [5.41, 5.74) is 11.4. The van der Waals surface area contributed by atoms with Crippen LogP contribution in [0.5, 0.6) is 0 Å². The molecule has 0 aromatic heterocycles. The van der Waals surface area contributed by atoms with E-state index in [4.69, 9.17) is 0 Å². The van der Waals surface area contributed by atoms with E-state index in [-0.39, 0.29) is 0 Å². The summed E-state index contributed by atoms with van der Waals surface area (Å²) in [7, 11) is 0. The second-order valence-corrected chi connectivity index (χ2v) is 2.23. The summed E-state index contributed by atoms with van der Waals surface area (Å²) in [6, 6.07) is 5.77. The van der Waals surface area contributed by atoms with Gasteiger partial charge in [-0.1, -0.05) is 6.07 Å². The van der Waals surface area contributed by atoms with Crippen molar-refractivity contribution >= 4 is 23.8 Å². The summed E-state index contributed by atoms with van der Waals surface area (Å²) < 4.78 is 0. The fourth-order valence-electron chi connectivity index (χ4n) is 1.07. The van der Waals surface area contributed by atoms with Crippen molar-refractivity contribution < 1.29 is 0 Å². The van der Waals surface area contributed by atoms with Crippen LogP contribution < -0.4 is 16.4 Å². The van der Waals surface area contributed by atoms with Crippen molar-refractivity contribution in [3.05, 3.63) is 18.2 Å². The average Bonchev–Trinajstić information content (AvgIpc) is 2.50. The number of rotatable bonds is 1. The molecule has 1 heterocycles. The smallest absolute Gasteiger partial charge is 0.101 e. The molecule has 0 amide bonds. The first-order valence-electron chi connectivity index (χ1n) is 3.28. The second-order valence-electron chi connectivity index (χ2n) is 2.23. The molecule has 0 aliphatic carbocycles. The van der Waals surface area contributed by atoms with Gasteiger partial charge in [-0.05, 0) is 18.9 Å². The highest BCUT2D eigenvalue weighted by Crippen LogP contribution is 2.33. The summed E-state index contributed by atoms with van der Waals surface area (Å²) in [4.78, 5) is 3.85. The maximum Gasteiger partial charge on any atom is 0.101 e. The van der Waals surface area contributed by atoms with Gasteiger partial charge in [-0.25, -0.2) is 0 Å². The summed E-state index contributed by atoms with van der Waals surface area (Å²) >= 11 is 0. The molecule has 0 radical (unpaired) electrons. The summed E-state index contributed by atoms with van der Waals surface area (Å²) in [6.07, 6.45) is 0. The van der Waals surface area contributed by atoms with Gasteiger partial charge in [0.1, 0.15) is 5.69 Å². The molecule has 0 bridgehead atoms. The Labute approximate surface area is 64.3 Å². The van der Waals surface area contributed by atoms with E-state index in [1.54, 1.807) is 0 Å². The van der Waals surface area contributed by atoms with E-state index in [2.05, 4.69) is 28.1 Å². The number of fused-ring (bicyclic) bond motifs is 1. The molecule has 3 N–H and O–H groups in total. The molecule has 1 aliphatic rings. The lowest BCUT2D eigenvalue weighted by Crippen LogP contribution is -2.19. The van der Waals surface area contributed by atoms with E-state index in [0.717, 1.165) is 17.1 Å². The zero-order chi connectivity index (χ0) is 7.68. The highest BCUT2D eigenvalue weighted by atomic mass is 15.6. The molecular formula is C7H8N4. The molecule has 4 nitrogen and oxygen atoms in total. The van der Waals surface area contributed by atoms with Crippen molar-refractivity contribution in [3.8, 4) is 0 Å². The number of anilines is 2. The van der Waals surface area contributed by atoms with E-state index in [9.17, 15) is 0 Å². The Bertz CT molecular complexity index is 294. The fraction of sp³-hybridized carbons (Fsp3) is 0. The lowest BCUT2D eigenvalue weighted by molar-refractivity contribution is 1.01. The van der Waals surface area contributed by atoms with Gasteiger partial charge in [-0.2, -0.15) is 0 Å². The Balaban J connectivity index is 2.58. The van der Waals surface area contributed by atoms with Gasteiger partial charge in [0.05, 0.1) is 11.4 Å². The van der Waals surface area contributed by atoms with Crippen LogP contribution in [-0.2, 0) is 0 Å². The summed E-state index contributed by atoms with van der Waals surface area (Å²) in [5, 5.41) is 0. The molecule has 1 aromatic rings. The van der Waals surface area contributed by atoms with Gasteiger partial charge in [0.25, 0.3) is 0 Å². The normalized spacial score (nSPS) is 13.1. The minimum Gasteiger partial charge on any atom is -0.302 e. The zero-order valence-corrected chi connectivity index (χ0v) is 5.89. The predicted molar refractivity (Wildman–Crippen MR) is 46.0 cm³/mol. The Morgan fingerprint density at radius 1 is 1.27 bits per heavy atom. The lowest BCUT2D eigenvalue weighted by atomic mass is 10.2. The van der Waals surface area contributed by atoms with Gasteiger partial charge in [-0.3, -0.25) is 10.4 Å². The third-order valence-electron chi connectivity index (χ3n) is 1.60. The van der Waals surface area contributed by atoms with Crippen molar-refractivity contribution in [1.29, 1.82) is 0 Å². The maximum absolute atomic E-state index is 3.85. The molecule has 0 atom stereocenters. The molecule has 0 saturated heterocycles. The van der Waals surface area contributed by atoms with E-state index in [1.165, 1.54) is 0 Å². The molecule has 56 valence electrons. The van der Waals surface area contributed by atoms with Crippen LogP contribution in [0.4, 0.5) is 17.1 Å². The second kappa shape index (κ2) is 2.25. The molecule has 4 heteroatoms. The molecule has 0 saturated carbocycles. The Kier molecular flexibility index (Phi) is 1.26. The Hall–Kier alpha value is -1.55. The van der Waals surface area contributed by atoms with Gasteiger partial charge < -0.3 is 5.43 Å². The number of hydrazine groups is 2. The monoisotopic (exact) mass is 148 g/mol. The average molecular weight is 148 g/mol. The third kappa shape index (κ3) is 0.841. The predicted octanol–water partition coefficient (Wildman–Crippen LogP) is 1.28. The quantitative estimate of drug-likeness (QED) is 0.526.